The van der Waals surface area contributed by atoms with Crippen molar-refractivity contribution >= 4 is 0 Å². The van der Waals surface area contributed by atoms with Crippen molar-refractivity contribution < 1.29 is 9.47 Å². The molecule has 0 aliphatic carbocycles. The first-order chi connectivity index (χ1) is 11.5. The van der Waals surface area contributed by atoms with Gasteiger partial charge < -0.3 is 9.47 Å². The molecule has 2 aromatic rings. The van der Waals surface area contributed by atoms with Gasteiger partial charge in [-0.05, 0) is 42.5 Å². The first-order valence-electron chi connectivity index (χ1n) is 8.21. The molecule has 0 radical (unpaired) electrons. The van der Waals surface area contributed by atoms with Gasteiger partial charge in [0.15, 0.2) is 0 Å². The third-order valence-corrected chi connectivity index (χ3v) is 4.31. The van der Waals surface area contributed by atoms with E-state index in [-0.39, 0.29) is 5.92 Å². The highest BCUT2D eigenvalue weighted by Gasteiger charge is 2.19. The van der Waals surface area contributed by atoms with Crippen LogP contribution >= 0.6 is 0 Å². The van der Waals surface area contributed by atoms with Crippen LogP contribution in [-0.2, 0) is 6.42 Å². The number of ether oxygens (including phenoxy) is 2. The molecule has 2 rings (SSSR count). The average Bonchev–Trinajstić information content (AvgIpc) is 2.59. The third-order valence-electron chi connectivity index (χ3n) is 4.31. The van der Waals surface area contributed by atoms with E-state index in [4.69, 9.17) is 9.47 Å². The molecule has 1 atom stereocenters. The Hall–Kier alpha value is -2.47. The molecule has 0 heterocycles. The highest BCUT2D eigenvalue weighted by Crippen LogP contribution is 2.34. The van der Waals surface area contributed by atoms with Gasteiger partial charge in [0.05, 0.1) is 26.2 Å². The Morgan fingerprint density at radius 3 is 2.25 bits per heavy atom. The minimum atomic E-state index is -0.283. The third kappa shape index (κ3) is 3.89. The minimum absolute atomic E-state index is 0.283. The summed E-state index contributed by atoms with van der Waals surface area (Å²) in [5.41, 5.74) is 4.35. The molecule has 0 bridgehead atoms. The quantitative estimate of drug-likeness (QED) is 0.752. The normalized spacial score (nSPS) is 11.9. The highest BCUT2D eigenvalue weighted by molar-refractivity contribution is 5.46. The number of nitriles is 1. The van der Waals surface area contributed by atoms with Crippen LogP contribution in [0.4, 0.5) is 0 Å². The molecular weight excluding hydrogens is 298 g/mol. The van der Waals surface area contributed by atoms with Crippen LogP contribution in [0.25, 0.3) is 0 Å². The second-order valence-corrected chi connectivity index (χ2v) is 6.36. The van der Waals surface area contributed by atoms with E-state index in [1.165, 1.54) is 5.56 Å². The summed E-state index contributed by atoms with van der Waals surface area (Å²) in [5.74, 6) is 1.70. The summed E-state index contributed by atoms with van der Waals surface area (Å²) in [7, 11) is 3.31. The Bertz CT molecular complexity index is 744. The van der Waals surface area contributed by atoms with Crippen molar-refractivity contribution in [2.75, 3.05) is 14.2 Å². The lowest BCUT2D eigenvalue weighted by Gasteiger charge is -2.18. The van der Waals surface area contributed by atoms with E-state index < -0.39 is 0 Å². The lowest BCUT2D eigenvalue weighted by molar-refractivity contribution is 0.403. The number of methoxy groups -OCH3 is 2. The monoisotopic (exact) mass is 323 g/mol. The Morgan fingerprint density at radius 2 is 1.67 bits per heavy atom. The lowest BCUT2D eigenvalue weighted by atomic mass is 9.89. The summed E-state index contributed by atoms with van der Waals surface area (Å²) in [6.45, 7) is 6.34. The average molecular weight is 323 g/mol. The summed E-state index contributed by atoms with van der Waals surface area (Å²) in [6.07, 6.45) is 0.596. The van der Waals surface area contributed by atoms with E-state index in [0.29, 0.717) is 12.3 Å². The van der Waals surface area contributed by atoms with E-state index in [0.717, 1.165) is 28.2 Å². The molecule has 2 aromatic carbocycles. The van der Waals surface area contributed by atoms with Crippen LogP contribution in [0.3, 0.4) is 0 Å². The van der Waals surface area contributed by atoms with Gasteiger partial charge in [0, 0.05) is 5.56 Å². The molecule has 3 nitrogen and oxygen atoms in total. The molecule has 0 spiro atoms. The van der Waals surface area contributed by atoms with Gasteiger partial charge in [-0.2, -0.15) is 5.26 Å². The summed E-state index contributed by atoms with van der Waals surface area (Å²) < 4.78 is 11.0. The summed E-state index contributed by atoms with van der Waals surface area (Å²) in [4.78, 5) is 0. The van der Waals surface area contributed by atoms with Crippen LogP contribution < -0.4 is 9.47 Å². The predicted octanol–water partition coefficient (Wildman–Crippen LogP) is 4.99. The van der Waals surface area contributed by atoms with Gasteiger partial charge in [0.25, 0.3) is 0 Å². The van der Waals surface area contributed by atoms with Crippen molar-refractivity contribution in [3.05, 3.63) is 58.7 Å². The SMILES string of the molecule is COc1ccc(C)cc1CC(C#N)c1cc(C(C)C)ccc1OC. The van der Waals surface area contributed by atoms with Crippen molar-refractivity contribution in [3.63, 3.8) is 0 Å². The topological polar surface area (TPSA) is 42.2 Å². The zero-order chi connectivity index (χ0) is 17.7. The maximum Gasteiger partial charge on any atom is 0.123 e. The van der Waals surface area contributed by atoms with E-state index in [1.54, 1.807) is 14.2 Å². The first kappa shape index (κ1) is 17.9. The number of aryl methyl sites for hydroxylation is 1. The number of nitrogens with zero attached hydrogens (tertiary/aromatic N) is 1. The van der Waals surface area contributed by atoms with E-state index in [1.807, 2.05) is 25.1 Å². The van der Waals surface area contributed by atoms with Crippen molar-refractivity contribution in [2.45, 2.75) is 39.0 Å². The van der Waals surface area contributed by atoms with Gasteiger partial charge in [-0.15, -0.1) is 0 Å². The van der Waals surface area contributed by atoms with Crippen LogP contribution in [0, 0.1) is 18.3 Å². The summed E-state index contributed by atoms with van der Waals surface area (Å²) >= 11 is 0. The van der Waals surface area contributed by atoms with Crippen LogP contribution in [-0.4, -0.2) is 14.2 Å². The Morgan fingerprint density at radius 1 is 1.00 bits per heavy atom. The minimum Gasteiger partial charge on any atom is -0.496 e. The van der Waals surface area contributed by atoms with E-state index in [9.17, 15) is 5.26 Å². The summed E-state index contributed by atoms with van der Waals surface area (Å²) in [6, 6.07) is 14.6. The highest BCUT2D eigenvalue weighted by atomic mass is 16.5. The molecule has 0 aliphatic rings. The molecule has 0 saturated heterocycles. The van der Waals surface area contributed by atoms with Crippen LogP contribution in [0.5, 0.6) is 11.5 Å². The molecule has 0 amide bonds. The molecule has 0 saturated carbocycles. The van der Waals surface area contributed by atoms with Gasteiger partial charge >= 0.3 is 0 Å². The second kappa shape index (κ2) is 7.88. The molecular formula is C21H25NO2. The van der Waals surface area contributed by atoms with Gasteiger partial charge in [0.1, 0.15) is 11.5 Å². The zero-order valence-electron chi connectivity index (χ0n) is 15.1. The largest absolute Gasteiger partial charge is 0.496 e. The maximum atomic E-state index is 9.78. The number of benzene rings is 2. The Balaban J connectivity index is 2.44. The fraction of sp³-hybridized carbons (Fsp3) is 0.381. The second-order valence-electron chi connectivity index (χ2n) is 6.36. The van der Waals surface area contributed by atoms with Crippen LogP contribution in [0.2, 0.25) is 0 Å². The number of hydrogen-bond donors (Lipinski definition) is 0. The molecule has 0 aromatic heterocycles. The molecule has 0 N–H and O–H groups in total. The van der Waals surface area contributed by atoms with Crippen LogP contribution in [0.1, 0.15) is 47.9 Å². The maximum absolute atomic E-state index is 9.78. The van der Waals surface area contributed by atoms with Gasteiger partial charge in [0.2, 0.25) is 0 Å². The molecule has 24 heavy (non-hydrogen) atoms. The molecule has 126 valence electrons. The number of rotatable bonds is 6. The van der Waals surface area contributed by atoms with Crippen molar-refractivity contribution in [1.29, 1.82) is 5.26 Å². The van der Waals surface area contributed by atoms with E-state index >= 15 is 0 Å². The standard InChI is InChI=1S/C21H25NO2/c1-14(2)16-7-9-21(24-5)19(12-16)18(13-22)11-17-10-15(3)6-8-20(17)23-4/h6-10,12,14,18H,11H2,1-5H3. The fourth-order valence-corrected chi connectivity index (χ4v) is 2.90. The molecule has 3 heteroatoms. The van der Waals surface area contributed by atoms with Crippen molar-refractivity contribution in [1.82, 2.24) is 0 Å². The van der Waals surface area contributed by atoms with Crippen LogP contribution in [0.15, 0.2) is 36.4 Å². The molecule has 0 aliphatic heterocycles. The Kier molecular flexibility index (Phi) is 5.87. The van der Waals surface area contributed by atoms with Crippen molar-refractivity contribution in [3.8, 4) is 17.6 Å². The first-order valence-corrected chi connectivity index (χ1v) is 8.21. The van der Waals surface area contributed by atoms with Gasteiger partial charge in [-0.25, -0.2) is 0 Å². The number of hydrogen-bond acceptors (Lipinski definition) is 3. The Labute approximate surface area is 144 Å². The smallest absolute Gasteiger partial charge is 0.123 e. The molecule has 0 fully saturated rings. The molecule has 1 unspecified atom stereocenters. The zero-order valence-corrected chi connectivity index (χ0v) is 15.1. The van der Waals surface area contributed by atoms with Gasteiger partial charge in [-0.3, -0.25) is 0 Å². The van der Waals surface area contributed by atoms with Crippen molar-refractivity contribution in [2.24, 2.45) is 0 Å². The predicted molar refractivity (Wildman–Crippen MR) is 96.9 cm³/mol. The fourth-order valence-electron chi connectivity index (χ4n) is 2.90. The van der Waals surface area contributed by atoms with Gasteiger partial charge in [-0.1, -0.05) is 43.7 Å². The summed E-state index contributed by atoms with van der Waals surface area (Å²) in [5, 5.41) is 9.78. The lowest BCUT2D eigenvalue weighted by Crippen LogP contribution is -2.06. The van der Waals surface area contributed by atoms with E-state index in [2.05, 4.69) is 38.1 Å².